The van der Waals surface area contributed by atoms with E-state index in [4.69, 9.17) is 0 Å². The van der Waals surface area contributed by atoms with Gasteiger partial charge < -0.3 is 0 Å². The first-order valence-corrected chi connectivity index (χ1v) is 5.12. The Hall–Kier alpha value is -0.110. The summed E-state index contributed by atoms with van der Waals surface area (Å²) in [5.41, 5.74) is 1.31. The molecule has 3 rings (SSSR count). The maximum Gasteiger partial charge on any atom is 0.158 e. The molecule has 3 aliphatic carbocycles. The molecule has 0 radical (unpaired) electrons. The smallest absolute Gasteiger partial charge is 0.158 e. The van der Waals surface area contributed by atoms with Gasteiger partial charge in [-0.3, -0.25) is 4.79 Å². The summed E-state index contributed by atoms with van der Waals surface area (Å²) in [6.07, 6.45) is 3.12. The number of fused-ring (bicyclic) bond motifs is 1. The second kappa shape index (κ2) is 2.03. The van der Waals surface area contributed by atoms with Crippen molar-refractivity contribution in [1.29, 1.82) is 0 Å². The van der Waals surface area contributed by atoms with Crippen molar-refractivity contribution in [2.45, 2.75) is 31.5 Å². The minimum absolute atomic E-state index is 0.114. The van der Waals surface area contributed by atoms with E-state index in [2.05, 4.69) is 35.9 Å². The van der Waals surface area contributed by atoms with Crippen molar-refractivity contribution in [2.75, 3.05) is 0 Å². The van der Waals surface area contributed by atoms with Gasteiger partial charge in [0.25, 0.3) is 0 Å². The van der Waals surface area contributed by atoms with Gasteiger partial charge >= 0.3 is 0 Å². The lowest BCUT2D eigenvalue weighted by molar-refractivity contribution is -0.145. The third-order valence-corrected chi connectivity index (χ3v) is 5.66. The first-order valence-electron chi connectivity index (χ1n) is 4.33. The fourth-order valence-corrected chi connectivity index (χ4v) is 3.30. The second-order valence-corrected chi connectivity index (χ2v) is 5.61. The number of ketones is 1. The molecule has 0 spiro atoms. The van der Waals surface area contributed by atoms with Crippen LogP contribution in [-0.2, 0) is 4.79 Å². The van der Waals surface area contributed by atoms with E-state index >= 15 is 0 Å². The van der Waals surface area contributed by atoms with Gasteiger partial charge in [0.1, 0.15) is 4.32 Å². The molecule has 0 amide bonds. The van der Waals surface area contributed by atoms with Gasteiger partial charge in [-0.2, -0.15) is 0 Å². The molecule has 0 aliphatic heterocycles. The molecule has 2 atom stereocenters. The van der Waals surface area contributed by atoms with E-state index in [1.54, 1.807) is 0 Å². The van der Waals surface area contributed by atoms with Crippen LogP contribution in [0.25, 0.3) is 0 Å². The van der Waals surface area contributed by atoms with E-state index in [0.717, 1.165) is 6.42 Å². The number of alkyl halides is 1. The average Bonchev–Trinajstić information content (AvgIpc) is 1.99. The molecule has 0 aromatic carbocycles. The summed E-state index contributed by atoms with van der Waals surface area (Å²) in [5.74, 6) is 0.632. The van der Waals surface area contributed by atoms with Crippen LogP contribution in [-0.4, -0.2) is 10.1 Å². The fraction of sp³-hybridized carbons (Fsp3) is 0.700. The number of hydrogen-bond donors (Lipinski definition) is 0. The molecule has 1 fully saturated rings. The largest absolute Gasteiger partial charge is 0.297 e. The Bertz CT molecular complexity index is 290. The van der Waals surface area contributed by atoms with Crippen molar-refractivity contribution in [3.63, 3.8) is 0 Å². The second-order valence-electron chi connectivity index (χ2n) is 4.42. The maximum absolute atomic E-state index is 11.7. The normalized spacial score (nSPS) is 43.5. The van der Waals surface area contributed by atoms with Crippen LogP contribution in [0.5, 0.6) is 0 Å². The van der Waals surface area contributed by atoms with Crippen molar-refractivity contribution in [2.24, 2.45) is 11.3 Å². The maximum atomic E-state index is 11.7. The highest BCUT2D eigenvalue weighted by Gasteiger charge is 2.68. The molecular weight excluding hydrogens is 216 g/mol. The molecule has 2 bridgehead atoms. The van der Waals surface area contributed by atoms with Crippen molar-refractivity contribution >= 4 is 21.7 Å². The molecule has 3 aliphatic rings. The lowest BCUT2D eigenvalue weighted by Gasteiger charge is -2.60. The molecule has 0 aromatic rings. The number of Topliss-reactive ketones (excluding diaryl/α,β-unsaturated/α-hetero) is 1. The number of halogens is 1. The Kier molecular flexibility index (Phi) is 1.44. The Morgan fingerprint density at radius 1 is 1.58 bits per heavy atom. The zero-order chi connectivity index (χ0) is 9.15. The summed E-state index contributed by atoms with van der Waals surface area (Å²) in [7, 11) is 0. The van der Waals surface area contributed by atoms with Crippen LogP contribution in [0.1, 0.15) is 27.2 Å². The molecular formula is C10H13BrO. The summed E-state index contributed by atoms with van der Waals surface area (Å²) >= 11 is 3.59. The summed E-state index contributed by atoms with van der Waals surface area (Å²) < 4.78 is -0.330. The van der Waals surface area contributed by atoms with Crippen LogP contribution in [0.2, 0.25) is 0 Å². The Morgan fingerprint density at radius 3 is 2.50 bits per heavy atom. The van der Waals surface area contributed by atoms with Gasteiger partial charge in [-0.15, -0.1) is 0 Å². The van der Waals surface area contributed by atoms with Crippen LogP contribution < -0.4 is 0 Å². The summed E-state index contributed by atoms with van der Waals surface area (Å²) in [4.78, 5) is 11.7. The van der Waals surface area contributed by atoms with E-state index in [-0.39, 0.29) is 15.7 Å². The van der Waals surface area contributed by atoms with Gasteiger partial charge in [-0.05, 0) is 13.3 Å². The Labute approximate surface area is 81.4 Å². The average molecular weight is 229 g/mol. The van der Waals surface area contributed by atoms with E-state index in [9.17, 15) is 4.79 Å². The van der Waals surface area contributed by atoms with Gasteiger partial charge in [-0.1, -0.05) is 41.4 Å². The Morgan fingerprint density at radius 2 is 2.17 bits per heavy atom. The standard InChI is InChI=1S/C10H13BrO/c1-6-4-5-7-8(12)10(6,11)9(7,2)3/h4,7H,5H2,1-3H3/t7-,10-/m0/s1. The predicted octanol–water partition coefficient (Wildman–Crippen LogP) is 2.70. The van der Waals surface area contributed by atoms with Gasteiger partial charge in [-0.25, -0.2) is 0 Å². The third-order valence-electron chi connectivity index (χ3n) is 3.62. The molecule has 1 nitrogen and oxygen atoms in total. The lowest BCUT2D eigenvalue weighted by Crippen LogP contribution is -2.67. The minimum atomic E-state index is -0.330. The molecule has 0 heterocycles. The highest BCUT2D eigenvalue weighted by Crippen LogP contribution is 2.63. The third kappa shape index (κ3) is 0.607. The first-order chi connectivity index (χ1) is 5.42. The van der Waals surface area contributed by atoms with Crippen molar-refractivity contribution in [1.82, 2.24) is 0 Å². The summed E-state index contributed by atoms with van der Waals surface area (Å²) in [5, 5.41) is 0. The monoisotopic (exact) mass is 228 g/mol. The van der Waals surface area contributed by atoms with Gasteiger partial charge in [0, 0.05) is 11.3 Å². The molecule has 12 heavy (non-hydrogen) atoms. The molecule has 1 saturated carbocycles. The van der Waals surface area contributed by atoms with Gasteiger partial charge in [0.15, 0.2) is 5.78 Å². The van der Waals surface area contributed by atoms with E-state index in [1.165, 1.54) is 5.57 Å². The quantitative estimate of drug-likeness (QED) is 0.461. The summed E-state index contributed by atoms with van der Waals surface area (Å²) in [6.45, 7) is 6.39. The van der Waals surface area contributed by atoms with Crippen molar-refractivity contribution in [3.8, 4) is 0 Å². The number of rotatable bonds is 0. The molecule has 2 heteroatoms. The number of carbonyl (C=O) groups is 1. The number of allylic oxidation sites excluding steroid dienone is 2. The van der Waals surface area contributed by atoms with Crippen LogP contribution in [0.4, 0.5) is 0 Å². The van der Waals surface area contributed by atoms with Crippen LogP contribution in [0, 0.1) is 11.3 Å². The molecule has 0 unspecified atom stereocenters. The topological polar surface area (TPSA) is 17.1 Å². The van der Waals surface area contributed by atoms with E-state index < -0.39 is 0 Å². The van der Waals surface area contributed by atoms with Crippen LogP contribution in [0.3, 0.4) is 0 Å². The van der Waals surface area contributed by atoms with E-state index in [0.29, 0.717) is 5.78 Å². The lowest BCUT2D eigenvalue weighted by atomic mass is 9.48. The fourth-order valence-electron chi connectivity index (χ4n) is 2.59. The number of hydrogen-bond acceptors (Lipinski definition) is 1. The molecule has 0 N–H and O–H groups in total. The van der Waals surface area contributed by atoms with Crippen molar-refractivity contribution in [3.05, 3.63) is 11.6 Å². The van der Waals surface area contributed by atoms with Gasteiger partial charge in [0.2, 0.25) is 0 Å². The molecule has 66 valence electrons. The zero-order valence-corrected chi connectivity index (χ0v) is 9.23. The predicted molar refractivity (Wildman–Crippen MR) is 52.3 cm³/mol. The molecule has 0 saturated heterocycles. The van der Waals surface area contributed by atoms with Gasteiger partial charge in [0.05, 0.1) is 0 Å². The highest BCUT2D eigenvalue weighted by molar-refractivity contribution is 9.10. The summed E-state index contributed by atoms with van der Waals surface area (Å²) in [6, 6.07) is 0. The van der Waals surface area contributed by atoms with E-state index in [1.807, 2.05) is 6.92 Å². The Balaban J connectivity index is 2.55. The number of carbonyl (C=O) groups excluding carboxylic acids is 1. The van der Waals surface area contributed by atoms with Crippen LogP contribution in [0.15, 0.2) is 11.6 Å². The van der Waals surface area contributed by atoms with Crippen molar-refractivity contribution < 1.29 is 4.79 Å². The highest BCUT2D eigenvalue weighted by atomic mass is 79.9. The SMILES string of the molecule is CC1=CC[C@H]2C(=O)[C@]1(Br)C2(C)C. The van der Waals surface area contributed by atoms with Crippen LogP contribution >= 0.6 is 15.9 Å². The zero-order valence-electron chi connectivity index (χ0n) is 7.65. The molecule has 0 aromatic heterocycles. The first kappa shape index (κ1) is 8.49. The minimum Gasteiger partial charge on any atom is -0.297 e.